The fourth-order valence-electron chi connectivity index (χ4n) is 4.36. The van der Waals surface area contributed by atoms with Crippen molar-refractivity contribution in [2.24, 2.45) is 11.8 Å². The Morgan fingerprint density at radius 1 is 1.12 bits per heavy atom. The molecular weight excluding hydrogens is 314 g/mol. The van der Waals surface area contributed by atoms with Gasteiger partial charge in [-0.1, -0.05) is 24.6 Å². The number of urea groups is 1. The number of benzene rings is 1. The zero-order valence-corrected chi connectivity index (χ0v) is 14.9. The number of amides is 3. The number of carbonyl (C=O) groups is 2. The molecule has 1 saturated carbocycles. The first-order chi connectivity index (χ1) is 12.1. The minimum absolute atomic E-state index is 0.00129. The quantitative estimate of drug-likeness (QED) is 0.848. The van der Waals surface area contributed by atoms with Crippen molar-refractivity contribution in [3.63, 3.8) is 0 Å². The second-order valence-corrected chi connectivity index (χ2v) is 7.80. The molecule has 134 valence electrons. The molecule has 0 radical (unpaired) electrons. The van der Waals surface area contributed by atoms with Crippen LogP contribution in [0.1, 0.15) is 32.1 Å². The summed E-state index contributed by atoms with van der Waals surface area (Å²) >= 11 is 0. The Labute approximate surface area is 149 Å². The second-order valence-electron chi connectivity index (χ2n) is 7.80. The molecule has 3 amide bonds. The van der Waals surface area contributed by atoms with Gasteiger partial charge in [-0.2, -0.15) is 0 Å². The SMILES string of the molecule is CN(C(=O)N1C[C@H]2CC[C@@H](C1)N(CC1CCC1)C2=O)c1ccccc1. The number of piperidine rings is 1. The fraction of sp³-hybridized carbons (Fsp3) is 0.600. The van der Waals surface area contributed by atoms with Crippen molar-refractivity contribution < 1.29 is 9.59 Å². The van der Waals surface area contributed by atoms with Gasteiger partial charge < -0.3 is 9.80 Å². The first-order valence-electron chi connectivity index (χ1n) is 9.51. The molecule has 1 aromatic rings. The van der Waals surface area contributed by atoms with E-state index in [4.69, 9.17) is 0 Å². The van der Waals surface area contributed by atoms with E-state index < -0.39 is 0 Å². The maximum Gasteiger partial charge on any atom is 0.324 e. The van der Waals surface area contributed by atoms with E-state index in [0.717, 1.165) is 25.1 Å². The Morgan fingerprint density at radius 3 is 2.56 bits per heavy atom. The van der Waals surface area contributed by atoms with Crippen molar-refractivity contribution in [1.82, 2.24) is 9.80 Å². The molecule has 0 aromatic heterocycles. The van der Waals surface area contributed by atoms with Crippen molar-refractivity contribution in [3.05, 3.63) is 30.3 Å². The average molecular weight is 341 g/mol. The molecule has 2 atom stereocenters. The van der Waals surface area contributed by atoms with Crippen LogP contribution < -0.4 is 4.90 Å². The first kappa shape index (κ1) is 16.4. The van der Waals surface area contributed by atoms with E-state index in [1.807, 2.05) is 42.3 Å². The highest BCUT2D eigenvalue weighted by molar-refractivity contribution is 5.92. The van der Waals surface area contributed by atoms with Gasteiger partial charge in [0.05, 0.1) is 5.92 Å². The van der Waals surface area contributed by atoms with E-state index in [2.05, 4.69) is 4.90 Å². The summed E-state index contributed by atoms with van der Waals surface area (Å²) in [7, 11) is 1.82. The van der Waals surface area contributed by atoms with Crippen LogP contribution in [-0.4, -0.2) is 54.5 Å². The van der Waals surface area contributed by atoms with Crippen molar-refractivity contribution >= 4 is 17.6 Å². The second kappa shape index (κ2) is 6.70. The Bertz CT molecular complexity index is 644. The van der Waals surface area contributed by atoms with Gasteiger partial charge in [-0.25, -0.2) is 4.79 Å². The number of hydrogen-bond donors (Lipinski definition) is 0. The molecular formula is C20H27N3O2. The molecule has 4 fully saturated rings. The third kappa shape index (κ3) is 3.12. The lowest BCUT2D eigenvalue weighted by Gasteiger charge is -2.40. The molecule has 5 rings (SSSR count). The van der Waals surface area contributed by atoms with E-state index in [0.29, 0.717) is 19.0 Å². The summed E-state index contributed by atoms with van der Waals surface area (Å²) in [4.78, 5) is 31.6. The highest BCUT2D eigenvalue weighted by atomic mass is 16.2. The summed E-state index contributed by atoms with van der Waals surface area (Å²) in [6.07, 6.45) is 5.75. The minimum Gasteiger partial charge on any atom is -0.337 e. The maximum atomic E-state index is 13.0. The first-order valence-corrected chi connectivity index (χ1v) is 9.51. The number of fused-ring (bicyclic) bond motifs is 4. The summed E-state index contributed by atoms with van der Waals surface area (Å²) in [5, 5.41) is 0. The van der Waals surface area contributed by atoms with Crippen LogP contribution in [0.2, 0.25) is 0 Å². The van der Waals surface area contributed by atoms with Gasteiger partial charge in [0, 0.05) is 38.4 Å². The van der Waals surface area contributed by atoms with E-state index >= 15 is 0 Å². The molecule has 5 heteroatoms. The van der Waals surface area contributed by atoms with E-state index in [1.165, 1.54) is 19.3 Å². The molecule has 0 spiro atoms. The molecule has 2 bridgehead atoms. The van der Waals surface area contributed by atoms with Crippen LogP contribution in [0.4, 0.5) is 10.5 Å². The van der Waals surface area contributed by atoms with Crippen LogP contribution in [0, 0.1) is 11.8 Å². The van der Waals surface area contributed by atoms with Crippen LogP contribution in [0.3, 0.4) is 0 Å². The molecule has 25 heavy (non-hydrogen) atoms. The molecule has 4 aliphatic rings. The highest BCUT2D eigenvalue weighted by Crippen LogP contribution is 2.34. The number of hydrogen-bond acceptors (Lipinski definition) is 2. The van der Waals surface area contributed by atoms with Gasteiger partial charge in [0.2, 0.25) is 5.91 Å². The van der Waals surface area contributed by atoms with Gasteiger partial charge >= 0.3 is 6.03 Å². The molecule has 5 nitrogen and oxygen atoms in total. The largest absolute Gasteiger partial charge is 0.337 e. The number of anilines is 1. The normalized spacial score (nSPS) is 26.4. The summed E-state index contributed by atoms with van der Waals surface area (Å²) in [5.74, 6) is 0.937. The fourth-order valence-corrected chi connectivity index (χ4v) is 4.36. The van der Waals surface area contributed by atoms with Crippen molar-refractivity contribution in [2.45, 2.75) is 38.1 Å². The van der Waals surface area contributed by atoms with Crippen molar-refractivity contribution in [2.75, 3.05) is 31.6 Å². The van der Waals surface area contributed by atoms with Crippen LogP contribution in [0.5, 0.6) is 0 Å². The summed E-state index contributed by atoms with van der Waals surface area (Å²) < 4.78 is 0. The predicted molar refractivity (Wildman–Crippen MR) is 97.4 cm³/mol. The van der Waals surface area contributed by atoms with Crippen molar-refractivity contribution in [3.8, 4) is 0 Å². The number of rotatable bonds is 3. The Morgan fingerprint density at radius 2 is 1.88 bits per heavy atom. The van der Waals surface area contributed by atoms with Crippen molar-refractivity contribution in [1.29, 1.82) is 0 Å². The molecule has 3 heterocycles. The lowest BCUT2D eigenvalue weighted by atomic mass is 9.83. The predicted octanol–water partition coefficient (Wildman–Crippen LogP) is 2.97. The van der Waals surface area contributed by atoms with E-state index in [9.17, 15) is 9.59 Å². The monoisotopic (exact) mass is 341 g/mol. The van der Waals surface area contributed by atoms with Gasteiger partial charge in [-0.05, 0) is 43.7 Å². The van der Waals surface area contributed by atoms with Crippen LogP contribution >= 0.6 is 0 Å². The Kier molecular flexibility index (Phi) is 4.40. The topological polar surface area (TPSA) is 43.9 Å². The lowest BCUT2D eigenvalue weighted by Crippen LogP contribution is -2.51. The lowest BCUT2D eigenvalue weighted by molar-refractivity contribution is -0.141. The molecule has 3 saturated heterocycles. The van der Waals surface area contributed by atoms with Gasteiger partial charge in [0.1, 0.15) is 0 Å². The molecule has 3 aliphatic heterocycles. The van der Waals surface area contributed by atoms with Gasteiger partial charge in [0.15, 0.2) is 0 Å². The summed E-state index contributed by atoms with van der Waals surface area (Å²) in [5.41, 5.74) is 0.891. The summed E-state index contributed by atoms with van der Waals surface area (Å²) in [6.45, 7) is 2.13. The van der Waals surface area contributed by atoms with Crippen LogP contribution in [-0.2, 0) is 4.79 Å². The molecule has 0 N–H and O–H groups in total. The van der Waals surface area contributed by atoms with Crippen LogP contribution in [0.15, 0.2) is 30.3 Å². The smallest absolute Gasteiger partial charge is 0.324 e. The van der Waals surface area contributed by atoms with Crippen LogP contribution in [0.25, 0.3) is 0 Å². The Hall–Kier alpha value is -2.04. The average Bonchev–Trinajstić information content (AvgIpc) is 2.89. The van der Waals surface area contributed by atoms with Gasteiger partial charge in [0.25, 0.3) is 0 Å². The molecule has 1 aliphatic carbocycles. The third-order valence-electron chi connectivity index (χ3n) is 6.17. The van der Waals surface area contributed by atoms with E-state index in [1.54, 1.807) is 4.90 Å². The number of para-hydroxylation sites is 1. The Balaban J connectivity index is 1.49. The third-order valence-corrected chi connectivity index (χ3v) is 6.17. The maximum absolute atomic E-state index is 13.0. The van der Waals surface area contributed by atoms with Gasteiger partial charge in [-0.15, -0.1) is 0 Å². The van der Waals surface area contributed by atoms with E-state index in [-0.39, 0.29) is 23.9 Å². The minimum atomic E-state index is -0.0213. The zero-order chi connectivity index (χ0) is 17.4. The molecule has 1 aromatic carbocycles. The number of carbonyl (C=O) groups excluding carboxylic acids is 2. The standard InChI is InChI=1S/C20H27N3O2/c1-21(17-8-3-2-4-9-17)20(25)22-13-16-10-11-18(14-22)23(19(16)24)12-15-6-5-7-15/h2-4,8-9,15-16,18H,5-7,10-14H2,1H3/t16-,18+/m1/s1. The molecule has 0 unspecified atom stereocenters. The van der Waals surface area contributed by atoms with Gasteiger partial charge in [-0.3, -0.25) is 9.69 Å². The highest BCUT2D eigenvalue weighted by Gasteiger charge is 2.43. The zero-order valence-electron chi connectivity index (χ0n) is 14.9. The summed E-state index contributed by atoms with van der Waals surface area (Å²) in [6, 6.07) is 9.91. The number of nitrogens with zero attached hydrogens (tertiary/aromatic N) is 3.